The van der Waals surface area contributed by atoms with Gasteiger partial charge in [-0.2, -0.15) is 0 Å². The van der Waals surface area contributed by atoms with Gasteiger partial charge in [-0.25, -0.2) is 9.59 Å². The van der Waals surface area contributed by atoms with E-state index in [0.29, 0.717) is 18.8 Å². The third-order valence-corrected chi connectivity index (χ3v) is 3.86. The molecule has 2 aromatic rings. The van der Waals surface area contributed by atoms with Crippen LogP contribution in [0.25, 0.3) is 10.9 Å². The molecule has 0 aliphatic rings. The van der Waals surface area contributed by atoms with Crippen molar-refractivity contribution in [1.29, 1.82) is 0 Å². The summed E-state index contributed by atoms with van der Waals surface area (Å²) in [5.41, 5.74) is 1.97. The topological polar surface area (TPSA) is 69.6 Å². The zero-order chi connectivity index (χ0) is 19.5. The second-order valence-electron chi connectivity index (χ2n) is 7.41. The Hall–Kier alpha value is -2.50. The van der Waals surface area contributed by atoms with Crippen LogP contribution in [0, 0.1) is 6.92 Å². The average molecular weight is 360 g/mol. The first kappa shape index (κ1) is 19.8. The van der Waals surface area contributed by atoms with E-state index in [1.807, 2.05) is 63.5 Å². The van der Waals surface area contributed by atoms with Crippen LogP contribution in [0.4, 0.5) is 4.79 Å². The molecule has 0 radical (unpaired) electrons. The van der Waals surface area contributed by atoms with E-state index in [1.165, 1.54) is 0 Å². The van der Waals surface area contributed by atoms with Crippen molar-refractivity contribution in [1.82, 2.24) is 9.88 Å². The maximum absolute atomic E-state index is 12.4. The molecule has 0 bridgehead atoms. The van der Waals surface area contributed by atoms with Crippen molar-refractivity contribution in [3.8, 4) is 0 Å². The number of carbonyl (C=O) groups is 2. The zero-order valence-electron chi connectivity index (χ0n) is 16.4. The number of hydrogen-bond donors (Lipinski definition) is 1. The summed E-state index contributed by atoms with van der Waals surface area (Å²) in [6.07, 6.45) is -0.477. The number of ether oxygens (including phenoxy) is 2. The molecule has 0 saturated heterocycles. The van der Waals surface area contributed by atoms with Gasteiger partial charge >= 0.3 is 12.1 Å². The average Bonchev–Trinajstić information content (AvgIpc) is 2.89. The van der Waals surface area contributed by atoms with Crippen LogP contribution in [0.2, 0.25) is 0 Å². The zero-order valence-corrected chi connectivity index (χ0v) is 16.4. The molecule has 2 rings (SSSR count). The molecule has 1 N–H and O–H groups in total. The molecule has 6 heteroatoms. The van der Waals surface area contributed by atoms with E-state index in [1.54, 1.807) is 6.92 Å². The number of nitrogens with zero attached hydrogens (tertiary/aromatic N) is 1. The number of aromatic nitrogens is 1. The van der Waals surface area contributed by atoms with Crippen LogP contribution >= 0.6 is 0 Å². The number of hydrogen-bond acceptors (Lipinski definition) is 4. The van der Waals surface area contributed by atoms with E-state index in [-0.39, 0.29) is 12.0 Å². The number of carbonyl (C=O) groups excluding carboxylic acids is 2. The highest BCUT2D eigenvalue weighted by molar-refractivity contribution is 5.96. The molecular weight excluding hydrogens is 332 g/mol. The second kappa shape index (κ2) is 7.81. The lowest BCUT2D eigenvalue weighted by molar-refractivity contribution is 0.0512. The third kappa shape index (κ3) is 4.77. The minimum atomic E-state index is -0.554. The Kier molecular flexibility index (Phi) is 5.95. The van der Waals surface area contributed by atoms with Crippen molar-refractivity contribution in [3.05, 3.63) is 35.5 Å². The van der Waals surface area contributed by atoms with Crippen molar-refractivity contribution in [2.45, 2.75) is 53.2 Å². The van der Waals surface area contributed by atoms with E-state index in [4.69, 9.17) is 9.47 Å². The van der Waals surface area contributed by atoms with Crippen LogP contribution in [0.3, 0.4) is 0 Å². The van der Waals surface area contributed by atoms with Gasteiger partial charge < -0.3 is 19.4 Å². The van der Waals surface area contributed by atoms with Gasteiger partial charge in [-0.05, 0) is 59.7 Å². The summed E-state index contributed by atoms with van der Waals surface area (Å²) in [5.74, 6) is -0.370. The van der Waals surface area contributed by atoms with Crippen LogP contribution in [0.1, 0.15) is 56.7 Å². The molecule has 0 spiro atoms. The first-order chi connectivity index (χ1) is 12.1. The molecule has 0 fully saturated rings. The van der Waals surface area contributed by atoms with Crippen LogP contribution in [-0.2, 0) is 9.47 Å². The maximum atomic E-state index is 12.4. The summed E-state index contributed by atoms with van der Waals surface area (Å²) >= 11 is 0. The predicted molar refractivity (Wildman–Crippen MR) is 102 cm³/mol. The smallest absolute Gasteiger partial charge is 0.407 e. The van der Waals surface area contributed by atoms with Crippen molar-refractivity contribution in [3.63, 3.8) is 0 Å². The van der Waals surface area contributed by atoms with Crippen LogP contribution in [-0.4, -0.2) is 35.4 Å². The first-order valence-electron chi connectivity index (χ1n) is 8.88. The standard InChI is InChI=1S/C20H28N2O4/c1-7-25-18(23)17-11-15-10-13(2)8-9-16(15)22(17)14(3)12-21-19(24)26-20(4,5)6/h8-11,14H,7,12H2,1-6H3,(H,21,24)/t14-/m1/s1. The second-order valence-corrected chi connectivity index (χ2v) is 7.41. The van der Waals surface area contributed by atoms with Crippen LogP contribution in [0.15, 0.2) is 24.3 Å². The lowest BCUT2D eigenvalue weighted by Gasteiger charge is -2.22. The van der Waals surface area contributed by atoms with E-state index in [2.05, 4.69) is 5.32 Å². The number of alkyl carbamates (subject to hydrolysis) is 1. The molecule has 1 aromatic heterocycles. The van der Waals surface area contributed by atoms with Crippen LogP contribution < -0.4 is 5.32 Å². The number of esters is 1. The summed E-state index contributed by atoms with van der Waals surface area (Å²) in [7, 11) is 0. The summed E-state index contributed by atoms with van der Waals surface area (Å²) in [6, 6.07) is 7.70. The Morgan fingerprint density at radius 1 is 1.23 bits per heavy atom. The highest BCUT2D eigenvalue weighted by Gasteiger charge is 2.22. The van der Waals surface area contributed by atoms with E-state index in [0.717, 1.165) is 16.5 Å². The fraction of sp³-hybridized carbons (Fsp3) is 0.500. The van der Waals surface area contributed by atoms with Gasteiger partial charge in [0.1, 0.15) is 11.3 Å². The molecule has 0 saturated carbocycles. The Labute approximate surface area is 154 Å². The molecule has 142 valence electrons. The Bertz CT molecular complexity index is 802. The molecule has 26 heavy (non-hydrogen) atoms. The third-order valence-electron chi connectivity index (χ3n) is 3.86. The van der Waals surface area contributed by atoms with E-state index >= 15 is 0 Å². The van der Waals surface area contributed by atoms with E-state index < -0.39 is 11.7 Å². The lowest BCUT2D eigenvalue weighted by Crippen LogP contribution is -2.35. The monoisotopic (exact) mass is 360 g/mol. The number of amides is 1. The molecular formula is C20H28N2O4. The quantitative estimate of drug-likeness (QED) is 0.811. The number of rotatable bonds is 5. The largest absolute Gasteiger partial charge is 0.461 e. The Morgan fingerprint density at radius 2 is 1.92 bits per heavy atom. The first-order valence-corrected chi connectivity index (χ1v) is 8.88. The highest BCUT2D eigenvalue weighted by Crippen LogP contribution is 2.26. The van der Waals surface area contributed by atoms with Gasteiger partial charge in [-0.1, -0.05) is 11.6 Å². The van der Waals surface area contributed by atoms with E-state index in [9.17, 15) is 9.59 Å². The van der Waals surface area contributed by atoms with Gasteiger partial charge in [0.25, 0.3) is 0 Å². The molecule has 0 aliphatic carbocycles. The van der Waals surface area contributed by atoms with Crippen LogP contribution in [0.5, 0.6) is 0 Å². The number of fused-ring (bicyclic) bond motifs is 1. The minimum absolute atomic E-state index is 0.151. The molecule has 6 nitrogen and oxygen atoms in total. The van der Waals surface area contributed by atoms with Gasteiger partial charge in [-0.3, -0.25) is 0 Å². The predicted octanol–water partition coefficient (Wildman–Crippen LogP) is 4.21. The van der Waals surface area contributed by atoms with Gasteiger partial charge in [0.2, 0.25) is 0 Å². The fourth-order valence-electron chi connectivity index (χ4n) is 2.83. The normalized spacial score (nSPS) is 12.7. The SMILES string of the molecule is CCOC(=O)c1cc2cc(C)ccc2n1[C@H](C)CNC(=O)OC(C)(C)C. The molecule has 1 heterocycles. The Balaban J connectivity index is 2.29. The molecule has 1 amide bonds. The summed E-state index contributed by atoms with van der Waals surface area (Å²) < 4.78 is 12.4. The summed E-state index contributed by atoms with van der Waals surface area (Å²) in [6.45, 7) is 11.8. The van der Waals surface area contributed by atoms with Crippen molar-refractivity contribution in [2.75, 3.05) is 13.2 Å². The molecule has 1 aromatic carbocycles. The van der Waals surface area contributed by atoms with Gasteiger partial charge in [-0.15, -0.1) is 0 Å². The van der Waals surface area contributed by atoms with Crippen molar-refractivity contribution < 1.29 is 19.1 Å². The maximum Gasteiger partial charge on any atom is 0.407 e. The number of aryl methyl sites for hydroxylation is 1. The van der Waals surface area contributed by atoms with Crippen molar-refractivity contribution >= 4 is 23.0 Å². The summed E-state index contributed by atoms with van der Waals surface area (Å²) in [5, 5.41) is 3.74. The van der Waals surface area contributed by atoms with Gasteiger partial charge in [0.05, 0.1) is 6.61 Å². The number of nitrogens with one attached hydrogen (secondary N) is 1. The molecule has 0 unspecified atom stereocenters. The molecule has 0 aliphatic heterocycles. The fourth-order valence-corrected chi connectivity index (χ4v) is 2.83. The lowest BCUT2D eigenvalue weighted by atomic mass is 10.2. The Morgan fingerprint density at radius 3 is 2.54 bits per heavy atom. The molecule has 1 atom stereocenters. The highest BCUT2D eigenvalue weighted by atomic mass is 16.6. The minimum Gasteiger partial charge on any atom is -0.461 e. The van der Waals surface area contributed by atoms with Crippen molar-refractivity contribution in [2.24, 2.45) is 0 Å². The summed E-state index contributed by atoms with van der Waals surface area (Å²) in [4.78, 5) is 24.3. The number of benzene rings is 1. The van der Waals surface area contributed by atoms with Gasteiger partial charge in [0.15, 0.2) is 0 Å². The van der Waals surface area contributed by atoms with Gasteiger partial charge in [0, 0.05) is 23.5 Å².